The van der Waals surface area contributed by atoms with Gasteiger partial charge in [0, 0.05) is 7.11 Å². The molecule has 0 aliphatic heterocycles. The maximum Gasteiger partial charge on any atom is 0.335 e. The van der Waals surface area contributed by atoms with Gasteiger partial charge in [0.15, 0.2) is 0 Å². The highest BCUT2D eigenvalue weighted by Crippen LogP contribution is 2.24. The number of benzene rings is 1. The Morgan fingerprint density at radius 3 is 2.57 bits per heavy atom. The molecule has 0 fully saturated rings. The van der Waals surface area contributed by atoms with Crippen molar-refractivity contribution in [1.82, 2.24) is 0 Å². The molecule has 0 bridgehead atoms. The van der Waals surface area contributed by atoms with Crippen LogP contribution in [0.3, 0.4) is 0 Å². The SMILES string of the molecule is COC(C)(C)c1cccc(C(=O)O)c1. The molecule has 0 spiro atoms. The second kappa shape index (κ2) is 3.80. The van der Waals surface area contributed by atoms with Gasteiger partial charge in [-0.1, -0.05) is 12.1 Å². The van der Waals surface area contributed by atoms with Crippen LogP contribution in [-0.2, 0) is 10.3 Å². The predicted octanol–water partition coefficient (Wildman–Crippen LogP) is 2.27. The summed E-state index contributed by atoms with van der Waals surface area (Å²) in [5, 5.41) is 8.81. The second-order valence-electron chi connectivity index (χ2n) is 3.60. The summed E-state index contributed by atoms with van der Waals surface area (Å²) in [6, 6.07) is 6.78. The van der Waals surface area contributed by atoms with E-state index in [1.165, 1.54) is 0 Å². The van der Waals surface area contributed by atoms with Gasteiger partial charge in [-0.05, 0) is 31.5 Å². The highest BCUT2D eigenvalue weighted by molar-refractivity contribution is 5.87. The molecule has 0 aromatic heterocycles. The van der Waals surface area contributed by atoms with E-state index in [9.17, 15) is 4.79 Å². The van der Waals surface area contributed by atoms with E-state index in [0.717, 1.165) is 5.56 Å². The van der Waals surface area contributed by atoms with E-state index in [0.29, 0.717) is 0 Å². The van der Waals surface area contributed by atoms with Gasteiger partial charge in [0.2, 0.25) is 0 Å². The molecule has 14 heavy (non-hydrogen) atoms. The Hall–Kier alpha value is -1.35. The van der Waals surface area contributed by atoms with Crippen molar-refractivity contribution in [2.24, 2.45) is 0 Å². The lowest BCUT2D eigenvalue weighted by atomic mass is 9.96. The van der Waals surface area contributed by atoms with Crippen LogP contribution in [0.1, 0.15) is 29.8 Å². The fourth-order valence-corrected chi connectivity index (χ4v) is 1.14. The summed E-state index contributed by atoms with van der Waals surface area (Å²) in [4.78, 5) is 10.7. The third-order valence-corrected chi connectivity index (χ3v) is 2.32. The van der Waals surface area contributed by atoms with Crippen LogP contribution in [0.5, 0.6) is 0 Å². The number of carboxylic acids is 1. The molecule has 0 saturated heterocycles. The van der Waals surface area contributed by atoms with E-state index in [4.69, 9.17) is 9.84 Å². The van der Waals surface area contributed by atoms with Gasteiger partial charge in [0.05, 0.1) is 11.2 Å². The second-order valence-corrected chi connectivity index (χ2v) is 3.60. The summed E-state index contributed by atoms with van der Waals surface area (Å²) in [5.41, 5.74) is 0.693. The Kier molecular flexibility index (Phi) is 2.91. The molecule has 76 valence electrons. The van der Waals surface area contributed by atoms with Gasteiger partial charge in [-0.3, -0.25) is 0 Å². The highest BCUT2D eigenvalue weighted by atomic mass is 16.5. The van der Waals surface area contributed by atoms with Crippen molar-refractivity contribution < 1.29 is 14.6 Å². The normalized spacial score (nSPS) is 11.4. The molecule has 0 radical (unpaired) electrons. The van der Waals surface area contributed by atoms with Crippen LogP contribution in [0.4, 0.5) is 0 Å². The summed E-state index contributed by atoms with van der Waals surface area (Å²) < 4.78 is 5.27. The Morgan fingerprint density at radius 2 is 2.07 bits per heavy atom. The van der Waals surface area contributed by atoms with Crippen LogP contribution in [0.2, 0.25) is 0 Å². The Labute approximate surface area is 83.3 Å². The van der Waals surface area contributed by atoms with Crippen molar-refractivity contribution >= 4 is 5.97 Å². The number of ether oxygens (including phenoxy) is 1. The molecule has 0 atom stereocenters. The fraction of sp³-hybridized carbons (Fsp3) is 0.364. The first-order chi connectivity index (χ1) is 6.47. The summed E-state index contributed by atoms with van der Waals surface area (Å²) in [5.74, 6) is -0.918. The minimum absolute atomic E-state index is 0.285. The molecule has 0 unspecified atom stereocenters. The van der Waals surface area contributed by atoms with Crippen LogP contribution < -0.4 is 0 Å². The molecule has 0 amide bonds. The Morgan fingerprint density at radius 1 is 1.43 bits per heavy atom. The maximum absolute atomic E-state index is 10.7. The first-order valence-electron chi connectivity index (χ1n) is 4.36. The van der Waals surface area contributed by atoms with Gasteiger partial charge in [-0.2, -0.15) is 0 Å². The lowest BCUT2D eigenvalue weighted by Crippen LogP contribution is -2.19. The molecule has 0 aliphatic carbocycles. The van der Waals surface area contributed by atoms with Crippen LogP contribution in [0, 0.1) is 0 Å². The predicted molar refractivity (Wildman–Crippen MR) is 53.4 cm³/mol. The topological polar surface area (TPSA) is 46.5 Å². The largest absolute Gasteiger partial charge is 0.478 e. The van der Waals surface area contributed by atoms with Crippen molar-refractivity contribution in [3.8, 4) is 0 Å². The van der Waals surface area contributed by atoms with Crippen molar-refractivity contribution in [3.05, 3.63) is 35.4 Å². The lowest BCUT2D eigenvalue weighted by molar-refractivity contribution is 0.0191. The van der Waals surface area contributed by atoms with Crippen LogP contribution >= 0.6 is 0 Å². The fourth-order valence-electron chi connectivity index (χ4n) is 1.14. The van der Waals surface area contributed by atoms with Crippen molar-refractivity contribution in [2.45, 2.75) is 19.4 Å². The molecule has 3 heteroatoms. The van der Waals surface area contributed by atoms with Crippen LogP contribution in [-0.4, -0.2) is 18.2 Å². The molecule has 1 N–H and O–H groups in total. The number of hydrogen-bond donors (Lipinski definition) is 1. The molecule has 0 aliphatic rings. The third-order valence-electron chi connectivity index (χ3n) is 2.32. The van der Waals surface area contributed by atoms with Gasteiger partial charge in [0.25, 0.3) is 0 Å². The van der Waals surface area contributed by atoms with Gasteiger partial charge >= 0.3 is 5.97 Å². The zero-order chi connectivity index (χ0) is 10.8. The lowest BCUT2D eigenvalue weighted by Gasteiger charge is -2.23. The quantitative estimate of drug-likeness (QED) is 0.802. The minimum Gasteiger partial charge on any atom is -0.478 e. The minimum atomic E-state index is -0.918. The smallest absolute Gasteiger partial charge is 0.335 e. The van der Waals surface area contributed by atoms with Crippen LogP contribution in [0.25, 0.3) is 0 Å². The first kappa shape index (κ1) is 10.7. The first-order valence-corrected chi connectivity index (χ1v) is 4.36. The summed E-state index contributed by atoms with van der Waals surface area (Å²) in [6.07, 6.45) is 0. The molecule has 0 saturated carbocycles. The maximum atomic E-state index is 10.7. The van der Waals surface area contributed by atoms with E-state index in [1.807, 2.05) is 19.9 Å². The molecule has 1 aromatic carbocycles. The molecule has 3 nitrogen and oxygen atoms in total. The number of carboxylic acid groups (broad SMARTS) is 1. The average molecular weight is 194 g/mol. The van der Waals surface area contributed by atoms with Gasteiger partial charge in [-0.15, -0.1) is 0 Å². The standard InChI is InChI=1S/C11H14O3/c1-11(2,14-3)9-6-4-5-8(7-9)10(12)13/h4-7H,1-3H3,(H,12,13). The molecule has 0 heterocycles. The van der Waals surface area contributed by atoms with E-state index < -0.39 is 11.6 Å². The highest BCUT2D eigenvalue weighted by Gasteiger charge is 2.20. The van der Waals surface area contributed by atoms with E-state index in [-0.39, 0.29) is 5.56 Å². The summed E-state index contributed by atoms with van der Waals surface area (Å²) in [7, 11) is 1.60. The Balaban J connectivity index is 3.12. The molecule has 1 aromatic rings. The van der Waals surface area contributed by atoms with Gasteiger partial charge in [0.1, 0.15) is 0 Å². The van der Waals surface area contributed by atoms with Crippen LogP contribution in [0.15, 0.2) is 24.3 Å². The van der Waals surface area contributed by atoms with E-state index >= 15 is 0 Å². The molecule has 1 rings (SSSR count). The number of carbonyl (C=O) groups is 1. The number of methoxy groups -OCH3 is 1. The van der Waals surface area contributed by atoms with Crippen molar-refractivity contribution in [2.75, 3.05) is 7.11 Å². The van der Waals surface area contributed by atoms with Gasteiger partial charge in [-0.25, -0.2) is 4.79 Å². The van der Waals surface area contributed by atoms with Crippen molar-refractivity contribution in [1.29, 1.82) is 0 Å². The van der Waals surface area contributed by atoms with Crippen molar-refractivity contribution in [3.63, 3.8) is 0 Å². The van der Waals surface area contributed by atoms with E-state index in [2.05, 4.69) is 0 Å². The average Bonchev–Trinajstić information content (AvgIpc) is 2.18. The number of rotatable bonds is 3. The third kappa shape index (κ3) is 2.12. The number of hydrogen-bond acceptors (Lipinski definition) is 2. The molecular formula is C11H14O3. The zero-order valence-electron chi connectivity index (χ0n) is 8.57. The van der Waals surface area contributed by atoms with Gasteiger partial charge < -0.3 is 9.84 Å². The molecular weight excluding hydrogens is 180 g/mol. The van der Waals surface area contributed by atoms with E-state index in [1.54, 1.807) is 25.3 Å². The summed E-state index contributed by atoms with van der Waals surface area (Å²) in [6.45, 7) is 3.79. The summed E-state index contributed by atoms with van der Waals surface area (Å²) >= 11 is 0. The number of aromatic carboxylic acids is 1. The monoisotopic (exact) mass is 194 g/mol. The Bertz CT molecular complexity index is 342. The zero-order valence-corrected chi connectivity index (χ0v) is 8.57.